The maximum Gasteiger partial charge on any atom is 0.225 e. The average molecular weight is 195 g/mol. The molecule has 2 rings (SSSR count). The number of nitrogens with one attached hydrogen (secondary N) is 1. The topological polar surface area (TPSA) is 64.1 Å². The number of aromatic nitrogens is 2. The van der Waals surface area contributed by atoms with E-state index in [1.54, 1.807) is 14.0 Å². The highest BCUT2D eigenvalue weighted by Crippen LogP contribution is 2.27. The van der Waals surface area contributed by atoms with Gasteiger partial charge in [-0.15, -0.1) is 0 Å². The van der Waals surface area contributed by atoms with Gasteiger partial charge in [0.05, 0.1) is 12.7 Å². The van der Waals surface area contributed by atoms with Crippen molar-refractivity contribution < 1.29 is 11.0 Å². The van der Waals surface area contributed by atoms with Crippen LogP contribution in [0.2, 0.25) is 0 Å². The number of carbonyl (C=O) groups excluding carboxylic acids is 1. The number of methoxy groups -OCH3 is 1. The molecule has 1 aromatic rings. The normalized spacial score (nSPS) is 14.6. The lowest BCUT2D eigenvalue weighted by molar-refractivity contribution is -0.116. The molecule has 76 valence electrons. The fourth-order valence-electron chi connectivity index (χ4n) is 1.50. The molecule has 0 aromatic carbocycles. The van der Waals surface area contributed by atoms with Gasteiger partial charge < -0.3 is 10.1 Å². The second-order valence-electron chi connectivity index (χ2n) is 3.16. The summed E-state index contributed by atoms with van der Waals surface area (Å²) < 4.78 is 5.13. The minimum Gasteiger partial charge on any atom is -0.481 e. The first kappa shape index (κ1) is 8.93. The first-order valence-electron chi connectivity index (χ1n) is 4.42. The summed E-state index contributed by atoms with van der Waals surface area (Å²) in [5, 5.41) is 2.71. The van der Waals surface area contributed by atoms with E-state index >= 15 is 0 Å². The third-order valence-corrected chi connectivity index (χ3v) is 2.13. The number of hydrogen-bond acceptors (Lipinski definition) is 4. The molecule has 0 saturated carbocycles. The van der Waals surface area contributed by atoms with Crippen LogP contribution in [-0.2, 0) is 11.2 Å². The van der Waals surface area contributed by atoms with Crippen LogP contribution in [0.1, 0.15) is 19.2 Å². The smallest absolute Gasteiger partial charge is 0.225 e. The minimum absolute atomic E-state index is 0. The van der Waals surface area contributed by atoms with Gasteiger partial charge in [-0.05, 0) is 13.3 Å². The van der Waals surface area contributed by atoms with Crippen LogP contribution in [0.3, 0.4) is 0 Å². The number of nitrogens with zero attached hydrogens (tertiary/aromatic N) is 2. The van der Waals surface area contributed by atoms with E-state index in [0.29, 0.717) is 30.4 Å². The monoisotopic (exact) mass is 195 g/mol. The summed E-state index contributed by atoms with van der Waals surface area (Å²) in [5.41, 5.74) is 0.887. The third kappa shape index (κ3) is 1.41. The van der Waals surface area contributed by atoms with Crippen LogP contribution in [0, 0.1) is 6.92 Å². The molecule has 1 amide bonds. The molecule has 5 nitrogen and oxygen atoms in total. The highest BCUT2D eigenvalue weighted by Gasteiger charge is 2.21. The van der Waals surface area contributed by atoms with Crippen LogP contribution in [0.4, 0.5) is 5.82 Å². The molecule has 0 saturated heterocycles. The van der Waals surface area contributed by atoms with E-state index in [9.17, 15) is 4.79 Å². The van der Waals surface area contributed by atoms with Crippen LogP contribution >= 0.6 is 0 Å². The summed E-state index contributed by atoms with van der Waals surface area (Å²) in [6.07, 6.45) is 1.11. The molecule has 0 atom stereocenters. The first-order valence-corrected chi connectivity index (χ1v) is 4.42. The molecule has 1 aliphatic heterocycles. The number of aryl methyl sites for hydroxylation is 1. The largest absolute Gasteiger partial charge is 0.481 e. The summed E-state index contributed by atoms with van der Waals surface area (Å²) in [4.78, 5) is 19.4. The van der Waals surface area contributed by atoms with Crippen molar-refractivity contribution in [1.29, 1.82) is 0 Å². The Balaban J connectivity index is 0.00000112. The zero-order valence-corrected chi connectivity index (χ0v) is 8.13. The molecular formula is C9H13N3O2. The molecule has 0 radical (unpaired) electrons. The van der Waals surface area contributed by atoms with Gasteiger partial charge in [-0.1, -0.05) is 0 Å². The summed E-state index contributed by atoms with van der Waals surface area (Å²) in [5.74, 6) is 1.75. The molecule has 1 aromatic heterocycles. The standard InChI is InChI=1S/C9H11N3O2.H2/c1-5-10-8-6(9(11-5)14-2)3-4-7(13)12-8;/h3-4H2,1-2H3,(H,10,11,12,13);1H. The van der Waals surface area contributed by atoms with Gasteiger partial charge in [0, 0.05) is 7.85 Å². The molecule has 5 heteroatoms. The average Bonchev–Trinajstić information content (AvgIpc) is 2.15. The van der Waals surface area contributed by atoms with Gasteiger partial charge in [-0.3, -0.25) is 4.79 Å². The molecule has 0 spiro atoms. The van der Waals surface area contributed by atoms with Crippen LogP contribution in [-0.4, -0.2) is 23.0 Å². The highest BCUT2D eigenvalue weighted by atomic mass is 16.5. The van der Waals surface area contributed by atoms with Gasteiger partial charge in [0.1, 0.15) is 11.6 Å². The SMILES string of the molecule is COc1nc(C)nc2c1CCC(=O)N2.[HH]. The Bertz CT molecular complexity index is 395. The first-order chi connectivity index (χ1) is 6.70. The van der Waals surface area contributed by atoms with Crippen molar-refractivity contribution >= 4 is 11.7 Å². The Labute approximate surface area is 83.0 Å². The Morgan fingerprint density at radius 1 is 1.43 bits per heavy atom. The molecule has 1 N–H and O–H groups in total. The Hall–Kier alpha value is -1.65. The predicted molar refractivity (Wildman–Crippen MR) is 52.4 cm³/mol. The fourth-order valence-corrected chi connectivity index (χ4v) is 1.50. The number of fused-ring (bicyclic) bond motifs is 1. The second kappa shape index (κ2) is 3.25. The van der Waals surface area contributed by atoms with Gasteiger partial charge in [0.25, 0.3) is 0 Å². The number of carbonyl (C=O) groups is 1. The van der Waals surface area contributed by atoms with Crippen molar-refractivity contribution in [2.24, 2.45) is 0 Å². The summed E-state index contributed by atoms with van der Waals surface area (Å²) in [6, 6.07) is 0. The Kier molecular flexibility index (Phi) is 2.07. The number of amides is 1. The van der Waals surface area contributed by atoms with Crippen molar-refractivity contribution in [3.05, 3.63) is 11.4 Å². The van der Waals surface area contributed by atoms with Crippen LogP contribution < -0.4 is 10.1 Å². The molecular weight excluding hydrogens is 182 g/mol. The summed E-state index contributed by atoms with van der Waals surface area (Å²) in [7, 11) is 1.57. The van der Waals surface area contributed by atoms with Gasteiger partial charge in [-0.25, -0.2) is 4.98 Å². The number of ether oxygens (including phenoxy) is 1. The van der Waals surface area contributed by atoms with Crippen LogP contribution in [0.25, 0.3) is 0 Å². The summed E-state index contributed by atoms with van der Waals surface area (Å²) in [6.45, 7) is 1.77. The van der Waals surface area contributed by atoms with Crippen molar-refractivity contribution in [2.45, 2.75) is 19.8 Å². The van der Waals surface area contributed by atoms with E-state index < -0.39 is 0 Å². The van der Waals surface area contributed by atoms with Crippen molar-refractivity contribution in [2.75, 3.05) is 12.4 Å². The van der Waals surface area contributed by atoms with Crippen LogP contribution in [0.15, 0.2) is 0 Å². The minimum atomic E-state index is -0.00217. The van der Waals surface area contributed by atoms with Gasteiger partial charge in [0.15, 0.2) is 0 Å². The molecule has 2 heterocycles. The zero-order chi connectivity index (χ0) is 10.1. The highest BCUT2D eigenvalue weighted by molar-refractivity contribution is 5.93. The predicted octanol–water partition coefficient (Wildman–Crippen LogP) is 0.924. The lowest BCUT2D eigenvalue weighted by atomic mass is 10.1. The zero-order valence-electron chi connectivity index (χ0n) is 8.13. The second-order valence-corrected chi connectivity index (χ2v) is 3.16. The van der Waals surface area contributed by atoms with E-state index in [1.807, 2.05) is 0 Å². The van der Waals surface area contributed by atoms with Crippen LogP contribution in [0.5, 0.6) is 5.88 Å². The van der Waals surface area contributed by atoms with E-state index in [1.165, 1.54) is 0 Å². The van der Waals surface area contributed by atoms with E-state index in [2.05, 4.69) is 15.3 Å². The van der Waals surface area contributed by atoms with Gasteiger partial charge in [0.2, 0.25) is 11.8 Å². The molecule has 0 fully saturated rings. The molecule has 1 aliphatic rings. The van der Waals surface area contributed by atoms with E-state index in [0.717, 1.165) is 5.56 Å². The van der Waals surface area contributed by atoms with Crippen molar-refractivity contribution in [3.8, 4) is 5.88 Å². The number of anilines is 1. The fraction of sp³-hybridized carbons (Fsp3) is 0.444. The number of hydrogen-bond donors (Lipinski definition) is 1. The molecule has 0 aliphatic carbocycles. The molecule has 14 heavy (non-hydrogen) atoms. The Morgan fingerprint density at radius 2 is 2.21 bits per heavy atom. The quantitative estimate of drug-likeness (QED) is 0.723. The summed E-state index contributed by atoms with van der Waals surface area (Å²) >= 11 is 0. The molecule has 0 unspecified atom stereocenters. The van der Waals surface area contributed by atoms with Crippen molar-refractivity contribution in [1.82, 2.24) is 9.97 Å². The lowest BCUT2D eigenvalue weighted by Gasteiger charge is -2.17. The Morgan fingerprint density at radius 3 is 2.93 bits per heavy atom. The maximum absolute atomic E-state index is 11.1. The molecule has 0 bridgehead atoms. The van der Waals surface area contributed by atoms with Gasteiger partial charge >= 0.3 is 0 Å². The van der Waals surface area contributed by atoms with Crippen molar-refractivity contribution in [3.63, 3.8) is 0 Å². The number of rotatable bonds is 1. The van der Waals surface area contributed by atoms with E-state index in [4.69, 9.17) is 4.74 Å². The third-order valence-electron chi connectivity index (χ3n) is 2.13. The lowest BCUT2D eigenvalue weighted by Crippen LogP contribution is -2.21. The van der Waals surface area contributed by atoms with E-state index in [-0.39, 0.29) is 7.33 Å². The van der Waals surface area contributed by atoms with Gasteiger partial charge in [-0.2, -0.15) is 4.98 Å². The maximum atomic E-state index is 11.1.